The van der Waals surface area contributed by atoms with Crippen LogP contribution in [0.4, 0.5) is 0 Å². The van der Waals surface area contributed by atoms with E-state index in [0.29, 0.717) is 19.0 Å². The second-order valence-corrected chi connectivity index (χ2v) is 6.04. The monoisotopic (exact) mass is 285 g/mol. The van der Waals surface area contributed by atoms with E-state index in [4.69, 9.17) is 4.42 Å². The van der Waals surface area contributed by atoms with Crippen LogP contribution in [0.5, 0.6) is 0 Å². The fraction of sp³-hybridized carbons (Fsp3) is 0.500. The number of carbonyl (C=O) groups excluding carboxylic acids is 1. The van der Waals surface area contributed by atoms with Gasteiger partial charge in [-0.25, -0.2) is 0 Å². The summed E-state index contributed by atoms with van der Waals surface area (Å²) in [5, 5.41) is 7.39. The first-order chi connectivity index (χ1) is 10.3. The summed E-state index contributed by atoms with van der Waals surface area (Å²) in [7, 11) is 0. The van der Waals surface area contributed by atoms with E-state index in [1.54, 1.807) is 6.26 Å². The Morgan fingerprint density at radius 1 is 1.29 bits per heavy atom. The molecule has 2 aliphatic rings. The molecule has 5 nitrogen and oxygen atoms in total. The normalized spacial score (nSPS) is 19.0. The molecular weight excluding hydrogens is 266 g/mol. The van der Waals surface area contributed by atoms with E-state index in [9.17, 15) is 4.79 Å². The van der Waals surface area contributed by atoms with Crippen molar-refractivity contribution in [3.05, 3.63) is 29.7 Å². The predicted octanol–water partition coefficient (Wildman–Crippen LogP) is 3.09. The van der Waals surface area contributed by atoms with Crippen molar-refractivity contribution in [1.82, 2.24) is 15.1 Å². The van der Waals surface area contributed by atoms with E-state index in [2.05, 4.69) is 10.2 Å². The summed E-state index contributed by atoms with van der Waals surface area (Å²) in [6, 6.07) is 3.76. The number of aromatic amines is 1. The number of fused-ring (bicyclic) bond motifs is 1. The molecule has 0 aromatic carbocycles. The van der Waals surface area contributed by atoms with Crippen molar-refractivity contribution >= 4 is 5.91 Å². The summed E-state index contributed by atoms with van der Waals surface area (Å²) >= 11 is 0. The van der Waals surface area contributed by atoms with Crippen molar-refractivity contribution in [3.63, 3.8) is 0 Å². The van der Waals surface area contributed by atoms with Crippen LogP contribution in [0.2, 0.25) is 0 Å². The molecule has 2 aromatic rings. The van der Waals surface area contributed by atoms with Crippen LogP contribution in [-0.2, 0) is 17.9 Å². The lowest BCUT2D eigenvalue weighted by Gasteiger charge is -2.26. The quantitative estimate of drug-likeness (QED) is 0.922. The first kappa shape index (κ1) is 12.7. The molecule has 4 rings (SSSR count). The first-order valence-corrected chi connectivity index (χ1v) is 7.71. The molecule has 21 heavy (non-hydrogen) atoms. The minimum atomic E-state index is 0.225. The molecular formula is C16H19N3O2. The Morgan fingerprint density at radius 3 is 2.90 bits per heavy atom. The van der Waals surface area contributed by atoms with Gasteiger partial charge in [0.1, 0.15) is 5.69 Å². The molecule has 1 aliphatic carbocycles. The molecule has 1 aliphatic heterocycles. The van der Waals surface area contributed by atoms with Gasteiger partial charge >= 0.3 is 0 Å². The molecule has 0 saturated heterocycles. The second-order valence-electron chi connectivity index (χ2n) is 6.04. The van der Waals surface area contributed by atoms with Gasteiger partial charge in [0, 0.05) is 11.5 Å². The maximum Gasteiger partial charge on any atom is 0.226 e. The van der Waals surface area contributed by atoms with Gasteiger partial charge in [-0.3, -0.25) is 9.89 Å². The highest BCUT2D eigenvalue weighted by molar-refractivity contribution is 5.80. The Bertz CT molecular complexity index is 639. The molecule has 3 heterocycles. The SMILES string of the molecule is O=C(C1CCCCC1)N1Cc2[nH]nc(-c3ccco3)c2C1. The molecule has 1 saturated carbocycles. The van der Waals surface area contributed by atoms with Gasteiger partial charge in [0.15, 0.2) is 5.76 Å². The van der Waals surface area contributed by atoms with Gasteiger partial charge in [-0.05, 0) is 25.0 Å². The van der Waals surface area contributed by atoms with Crippen LogP contribution < -0.4 is 0 Å². The average molecular weight is 285 g/mol. The third kappa shape index (κ3) is 2.17. The average Bonchev–Trinajstić information content (AvgIpc) is 3.23. The number of rotatable bonds is 2. The number of aromatic nitrogens is 2. The van der Waals surface area contributed by atoms with Gasteiger partial charge in [-0.15, -0.1) is 0 Å². The number of hydrogen-bond donors (Lipinski definition) is 1. The molecule has 0 spiro atoms. The van der Waals surface area contributed by atoms with Crippen LogP contribution >= 0.6 is 0 Å². The number of nitrogens with one attached hydrogen (secondary N) is 1. The fourth-order valence-electron chi connectivity index (χ4n) is 3.52. The van der Waals surface area contributed by atoms with Gasteiger partial charge in [-0.1, -0.05) is 19.3 Å². The zero-order valence-corrected chi connectivity index (χ0v) is 12.0. The molecule has 0 bridgehead atoms. The molecule has 1 fully saturated rings. The molecule has 5 heteroatoms. The number of amides is 1. The number of hydrogen-bond acceptors (Lipinski definition) is 3. The standard InChI is InChI=1S/C16H19N3O2/c20-16(11-5-2-1-3-6-11)19-9-12-13(10-19)17-18-15(12)14-7-4-8-21-14/h4,7-8,11H,1-3,5-6,9-10H2,(H,17,18). The largest absolute Gasteiger partial charge is 0.463 e. The summed E-state index contributed by atoms with van der Waals surface area (Å²) in [4.78, 5) is 14.6. The van der Waals surface area contributed by atoms with E-state index in [1.807, 2.05) is 17.0 Å². The topological polar surface area (TPSA) is 62.1 Å². The number of H-pyrrole nitrogens is 1. The Morgan fingerprint density at radius 2 is 2.14 bits per heavy atom. The predicted molar refractivity (Wildman–Crippen MR) is 77.1 cm³/mol. The fourth-order valence-corrected chi connectivity index (χ4v) is 3.52. The highest BCUT2D eigenvalue weighted by Crippen LogP contribution is 2.33. The maximum atomic E-state index is 12.6. The Balaban J connectivity index is 1.53. The van der Waals surface area contributed by atoms with Gasteiger partial charge in [0.2, 0.25) is 5.91 Å². The summed E-state index contributed by atoms with van der Waals surface area (Å²) < 4.78 is 5.43. The third-order valence-corrected chi connectivity index (χ3v) is 4.67. The summed E-state index contributed by atoms with van der Waals surface area (Å²) in [6.45, 7) is 1.30. The van der Waals surface area contributed by atoms with Crippen molar-refractivity contribution < 1.29 is 9.21 Å². The molecule has 0 radical (unpaired) electrons. The summed E-state index contributed by atoms with van der Waals surface area (Å²) in [6.07, 6.45) is 7.40. The van der Waals surface area contributed by atoms with E-state index in [-0.39, 0.29) is 5.92 Å². The van der Waals surface area contributed by atoms with Crippen LogP contribution in [0.3, 0.4) is 0 Å². The van der Waals surface area contributed by atoms with Crippen molar-refractivity contribution in [2.45, 2.75) is 45.2 Å². The van der Waals surface area contributed by atoms with E-state index in [1.165, 1.54) is 19.3 Å². The second kappa shape index (κ2) is 5.06. The number of carbonyl (C=O) groups is 1. The molecule has 0 unspecified atom stereocenters. The van der Waals surface area contributed by atoms with Crippen molar-refractivity contribution in [2.75, 3.05) is 0 Å². The van der Waals surface area contributed by atoms with E-state index < -0.39 is 0 Å². The third-order valence-electron chi connectivity index (χ3n) is 4.67. The lowest BCUT2D eigenvalue weighted by Crippen LogP contribution is -2.33. The lowest BCUT2D eigenvalue weighted by atomic mass is 9.88. The first-order valence-electron chi connectivity index (χ1n) is 7.71. The Kier molecular flexibility index (Phi) is 3.05. The molecule has 0 atom stereocenters. The van der Waals surface area contributed by atoms with Crippen molar-refractivity contribution in [2.24, 2.45) is 5.92 Å². The van der Waals surface area contributed by atoms with Crippen molar-refractivity contribution in [1.29, 1.82) is 0 Å². The lowest BCUT2D eigenvalue weighted by molar-refractivity contribution is -0.137. The van der Waals surface area contributed by atoms with Crippen LogP contribution in [0.25, 0.3) is 11.5 Å². The molecule has 1 amide bonds. The zero-order chi connectivity index (χ0) is 14.2. The van der Waals surface area contributed by atoms with Crippen LogP contribution in [0.15, 0.2) is 22.8 Å². The highest BCUT2D eigenvalue weighted by atomic mass is 16.3. The minimum absolute atomic E-state index is 0.225. The summed E-state index contributed by atoms with van der Waals surface area (Å²) in [5.41, 5.74) is 2.99. The van der Waals surface area contributed by atoms with Crippen LogP contribution in [0, 0.1) is 5.92 Å². The van der Waals surface area contributed by atoms with Gasteiger partial charge in [0.05, 0.1) is 25.0 Å². The Hall–Kier alpha value is -2.04. The van der Waals surface area contributed by atoms with E-state index in [0.717, 1.165) is 35.6 Å². The molecule has 110 valence electrons. The Labute approximate surface area is 123 Å². The molecule has 1 N–H and O–H groups in total. The minimum Gasteiger partial charge on any atom is -0.463 e. The smallest absolute Gasteiger partial charge is 0.226 e. The van der Waals surface area contributed by atoms with Crippen LogP contribution in [-0.4, -0.2) is 21.0 Å². The van der Waals surface area contributed by atoms with E-state index >= 15 is 0 Å². The number of nitrogens with zero attached hydrogens (tertiary/aromatic N) is 2. The maximum absolute atomic E-state index is 12.6. The number of furan rings is 1. The highest BCUT2D eigenvalue weighted by Gasteiger charge is 2.33. The molecule has 2 aromatic heterocycles. The van der Waals surface area contributed by atoms with Gasteiger partial charge < -0.3 is 9.32 Å². The van der Waals surface area contributed by atoms with Gasteiger partial charge in [-0.2, -0.15) is 5.10 Å². The van der Waals surface area contributed by atoms with Crippen molar-refractivity contribution in [3.8, 4) is 11.5 Å². The van der Waals surface area contributed by atoms with Gasteiger partial charge in [0.25, 0.3) is 0 Å². The zero-order valence-electron chi connectivity index (χ0n) is 12.0. The summed E-state index contributed by atoms with van der Waals surface area (Å²) in [5.74, 6) is 1.30. The van der Waals surface area contributed by atoms with Crippen LogP contribution in [0.1, 0.15) is 43.4 Å².